The Morgan fingerprint density at radius 3 is 1.76 bits per heavy atom. The van der Waals surface area contributed by atoms with Gasteiger partial charge in [-0.1, -0.05) is 73.4 Å². The monoisotopic (exact) mass is 1040 g/mol. The number of urea groups is 1. The SMILES string of the molecule is CCc1nnc([C@H]2CCCN2)n1Cc1ccc(Cl)cc1.CCc1nnc([C@H]2CCCN2C(=O)N[C@H]2CCOc3cc(C(F)(F)F)ccc32)n1Cc1ccc(Cl)cc1.N[C@H]1CCOc2cc(C(F)(F)F)ccc21. The van der Waals surface area contributed by atoms with E-state index in [1.165, 1.54) is 24.1 Å². The Balaban J connectivity index is 0.000000165. The lowest BCUT2D eigenvalue weighted by atomic mass is 9.98. The van der Waals surface area contributed by atoms with Gasteiger partial charge < -0.3 is 39.9 Å². The number of nitrogens with zero attached hydrogens (tertiary/aromatic N) is 7. The largest absolute Gasteiger partial charge is 0.493 e. The van der Waals surface area contributed by atoms with E-state index in [0.717, 1.165) is 96.9 Å². The summed E-state index contributed by atoms with van der Waals surface area (Å²) in [5.41, 5.74) is 7.74. The lowest BCUT2D eigenvalue weighted by molar-refractivity contribution is -0.138. The van der Waals surface area contributed by atoms with Crippen LogP contribution in [0.5, 0.6) is 11.5 Å². The molecule has 6 aromatic rings. The Hall–Kier alpha value is -5.89. The van der Waals surface area contributed by atoms with E-state index in [1.54, 1.807) is 4.90 Å². The van der Waals surface area contributed by atoms with Gasteiger partial charge in [-0.25, -0.2) is 4.79 Å². The zero-order valence-corrected chi connectivity index (χ0v) is 41.3. The van der Waals surface area contributed by atoms with Gasteiger partial charge in [-0.15, -0.1) is 20.4 Å². The molecule has 384 valence electrons. The third-order valence-electron chi connectivity index (χ3n) is 13.1. The molecule has 0 bridgehead atoms. The molecule has 6 heterocycles. The molecular formula is C51H56Cl2F6N10O3. The fourth-order valence-corrected chi connectivity index (χ4v) is 9.59. The van der Waals surface area contributed by atoms with Crippen LogP contribution < -0.4 is 25.8 Å². The summed E-state index contributed by atoms with van der Waals surface area (Å²) in [6.45, 7) is 7.71. The molecule has 2 amide bonds. The predicted octanol–water partition coefficient (Wildman–Crippen LogP) is 11.4. The molecule has 4 aromatic carbocycles. The molecule has 4 aliphatic rings. The van der Waals surface area contributed by atoms with Crippen LogP contribution >= 0.6 is 23.2 Å². The fraction of sp³-hybridized carbons (Fsp3) is 0.431. The minimum Gasteiger partial charge on any atom is -0.493 e. The van der Waals surface area contributed by atoms with Gasteiger partial charge in [-0.2, -0.15) is 26.3 Å². The summed E-state index contributed by atoms with van der Waals surface area (Å²) in [7, 11) is 0. The zero-order valence-electron chi connectivity index (χ0n) is 39.7. The van der Waals surface area contributed by atoms with E-state index in [1.807, 2.05) is 43.3 Å². The van der Waals surface area contributed by atoms with E-state index in [4.69, 9.17) is 38.4 Å². The molecule has 10 rings (SSSR count). The van der Waals surface area contributed by atoms with Crippen LogP contribution in [0, 0.1) is 0 Å². The Labute approximate surface area is 423 Å². The molecule has 0 saturated carbocycles. The topological polar surface area (TPSA) is 150 Å². The molecule has 21 heteroatoms. The average Bonchev–Trinajstić information content (AvgIpc) is 4.21. The minimum absolute atomic E-state index is 0.152. The van der Waals surface area contributed by atoms with E-state index >= 15 is 0 Å². The number of rotatable bonds is 9. The number of carbonyl (C=O) groups is 1. The number of likely N-dealkylation sites (tertiary alicyclic amines) is 1. The number of benzene rings is 4. The molecule has 2 fully saturated rings. The number of hydrogen-bond acceptors (Lipinski definition) is 9. The highest BCUT2D eigenvalue weighted by atomic mass is 35.5. The van der Waals surface area contributed by atoms with E-state index < -0.39 is 29.5 Å². The summed E-state index contributed by atoms with van der Waals surface area (Å²) in [6, 6.07) is 21.6. The second-order valence-corrected chi connectivity index (χ2v) is 18.8. The van der Waals surface area contributed by atoms with Crippen molar-refractivity contribution in [3.05, 3.63) is 152 Å². The molecule has 2 aromatic heterocycles. The van der Waals surface area contributed by atoms with Crippen LogP contribution in [0.4, 0.5) is 31.1 Å². The van der Waals surface area contributed by atoms with Crippen molar-refractivity contribution in [1.29, 1.82) is 0 Å². The molecule has 4 aliphatic heterocycles. The number of halogens is 8. The maximum atomic E-state index is 13.4. The number of nitrogens with one attached hydrogen (secondary N) is 2. The molecule has 0 radical (unpaired) electrons. The van der Waals surface area contributed by atoms with Crippen LogP contribution in [0.1, 0.15) is 133 Å². The number of alkyl halides is 6. The van der Waals surface area contributed by atoms with Crippen LogP contribution in [0.2, 0.25) is 10.0 Å². The Morgan fingerprint density at radius 2 is 1.22 bits per heavy atom. The third-order valence-corrected chi connectivity index (χ3v) is 13.6. The smallest absolute Gasteiger partial charge is 0.416 e. The van der Waals surface area contributed by atoms with Gasteiger partial charge in [-0.3, -0.25) is 0 Å². The summed E-state index contributed by atoms with van der Waals surface area (Å²) in [5, 5.41) is 25.6. The van der Waals surface area contributed by atoms with Crippen LogP contribution in [-0.4, -0.2) is 66.8 Å². The van der Waals surface area contributed by atoms with E-state index in [0.29, 0.717) is 61.2 Å². The highest BCUT2D eigenvalue weighted by Crippen LogP contribution is 2.40. The van der Waals surface area contributed by atoms with Crippen molar-refractivity contribution in [2.45, 2.75) is 115 Å². The van der Waals surface area contributed by atoms with Gasteiger partial charge in [-0.05, 0) is 91.9 Å². The van der Waals surface area contributed by atoms with Gasteiger partial charge in [0.2, 0.25) is 0 Å². The highest BCUT2D eigenvalue weighted by molar-refractivity contribution is 6.30. The number of ether oxygens (including phenoxy) is 2. The first-order valence-corrected chi connectivity index (χ1v) is 24.8. The van der Waals surface area contributed by atoms with Crippen molar-refractivity contribution in [1.82, 2.24) is 45.1 Å². The lowest BCUT2D eigenvalue weighted by Gasteiger charge is -2.31. The number of aryl methyl sites for hydroxylation is 2. The quantitative estimate of drug-likeness (QED) is 0.120. The first-order chi connectivity index (χ1) is 34.5. The maximum Gasteiger partial charge on any atom is 0.416 e. The summed E-state index contributed by atoms with van der Waals surface area (Å²) in [5.74, 6) is 4.07. The van der Waals surface area contributed by atoms with Crippen molar-refractivity contribution in [3.63, 3.8) is 0 Å². The number of fused-ring (bicyclic) bond motifs is 2. The second-order valence-electron chi connectivity index (χ2n) is 18.0. The average molecular weight is 1040 g/mol. The number of nitrogens with two attached hydrogens (primary N) is 1. The van der Waals surface area contributed by atoms with Crippen molar-refractivity contribution in [3.8, 4) is 11.5 Å². The molecule has 2 saturated heterocycles. The van der Waals surface area contributed by atoms with Gasteiger partial charge in [0.1, 0.15) is 23.1 Å². The summed E-state index contributed by atoms with van der Waals surface area (Å²) < 4.78 is 91.5. The number of hydrogen-bond donors (Lipinski definition) is 3. The molecule has 0 spiro atoms. The predicted molar refractivity (Wildman–Crippen MR) is 260 cm³/mol. The Kier molecular flexibility index (Phi) is 16.7. The standard InChI is InChI=1S/C26H27ClF3N5O2.C15H19ClN4.C10H10F3NO/c1-2-23-32-33-24(35(23)15-16-5-8-18(27)9-6-16)21-4-3-12-34(21)25(36)31-20-11-13-37-22-14-17(26(28,29)30)7-10-19(20)22;1-2-14-18-19-15(13-4-3-9-17-13)20(14)10-11-5-7-12(16)8-6-11;11-10(12,13)6-1-2-7-8(14)3-4-15-9(7)5-6/h5-10,14,20-21H,2-4,11-13,15H2,1H3,(H,31,36);5-8,13,17H,2-4,9-10H2,1H3;1-2,5,8H,3-4,14H2/t20-,21+;13-;8-/m010/s1. The number of amides is 2. The summed E-state index contributed by atoms with van der Waals surface area (Å²) in [6.07, 6.45) is -2.19. The van der Waals surface area contributed by atoms with E-state index in [-0.39, 0.29) is 36.2 Å². The Bertz CT molecular complexity index is 2780. The number of aromatic nitrogens is 6. The molecule has 0 aliphatic carbocycles. The number of carbonyl (C=O) groups excluding carboxylic acids is 1. The van der Waals surface area contributed by atoms with E-state index in [9.17, 15) is 31.1 Å². The molecular weight excluding hydrogens is 986 g/mol. The maximum absolute atomic E-state index is 13.4. The molecule has 4 atom stereocenters. The van der Waals surface area contributed by atoms with Crippen LogP contribution in [-0.2, 0) is 38.3 Å². The van der Waals surface area contributed by atoms with Crippen LogP contribution in [0.15, 0.2) is 84.9 Å². The Morgan fingerprint density at radius 1 is 0.694 bits per heavy atom. The van der Waals surface area contributed by atoms with Gasteiger partial charge in [0, 0.05) is 59.4 Å². The molecule has 0 unspecified atom stereocenters. The molecule has 4 N–H and O–H groups in total. The van der Waals surface area contributed by atoms with Crippen molar-refractivity contribution < 1.29 is 40.6 Å². The lowest BCUT2D eigenvalue weighted by Crippen LogP contribution is -2.43. The first kappa shape index (κ1) is 52.4. The van der Waals surface area contributed by atoms with Crippen LogP contribution in [0.25, 0.3) is 0 Å². The zero-order chi connectivity index (χ0) is 51.2. The van der Waals surface area contributed by atoms with Crippen molar-refractivity contribution >= 4 is 29.2 Å². The van der Waals surface area contributed by atoms with Gasteiger partial charge >= 0.3 is 18.4 Å². The fourth-order valence-electron chi connectivity index (χ4n) is 9.34. The van der Waals surface area contributed by atoms with Gasteiger partial charge in [0.05, 0.1) is 55.6 Å². The molecule has 13 nitrogen and oxygen atoms in total. The highest BCUT2D eigenvalue weighted by Gasteiger charge is 2.38. The van der Waals surface area contributed by atoms with Crippen molar-refractivity contribution in [2.24, 2.45) is 5.73 Å². The third kappa shape index (κ3) is 12.5. The van der Waals surface area contributed by atoms with Gasteiger partial charge in [0.25, 0.3) is 0 Å². The minimum atomic E-state index is -4.46. The molecule has 72 heavy (non-hydrogen) atoms. The van der Waals surface area contributed by atoms with E-state index in [2.05, 4.69) is 59.2 Å². The second kappa shape index (κ2) is 22.9. The van der Waals surface area contributed by atoms with Gasteiger partial charge in [0.15, 0.2) is 11.6 Å². The summed E-state index contributed by atoms with van der Waals surface area (Å²) in [4.78, 5) is 15.2. The van der Waals surface area contributed by atoms with Crippen molar-refractivity contribution in [2.75, 3.05) is 26.3 Å². The summed E-state index contributed by atoms with van der Waals surface area (Å²) >= 11 is 12.0. The van der Waals surface area contributed by atoms with Crippen LogP contribution in [0.3, 0.4) is 0 Å². The normalized spacial score (nSPS) is 19.5. The first-order valence-electron chi connectivity index (χ1n) is 24.1.